The van der Waals surface area contributed by atoms with E-state index in [4.69, 9.17) is 0 Å². The molecule has 1 saturated heterocycles. The summed E-state index contributed by atoms with van der Waals surface area (Å²) in [6.07, 6.45) is 4.95. The lowest BCUT2D eigenvalue weighted by Gasteiger charge is -2.31. The summed E-state index contributed by atoms with van der Waals surface area (Å²) in [4.78, 5) is 40.2. The highest BCUT2D eigenvalue weighted by atomic mass is 16.6. The molecule has 1 atom stereocenters. The van der Waals surface area contributed by atoms with Crippen LogP contribution in [-0.2, 0) is 9.59 Å². The predicted octanol–water partition coefficient (Wildman–Crippen LogP) is 2.76. The number of carbonyl (C=O) groups excluding carboxylic acids is 2. The van der Waals surface area contributed by atoms with Gasteiger partial charge in [-0.25, -0.2) is 0 Å². The average Bonchev–Trinajstić information content (AvgIpc) is 3.55. The predicted molar refractivity (Wildman–Crippen MR) is 105 cm³/mol. The molecule has 1 saturated carbocycles. The van der Waals surface area contributed by atoms with Crippen molar-refractivity contribution in [3.63, 3.8) is 0 Å². The van der Waals surface area contributed by atoms with Crippen molar-refractivity contribution in [1.82, 2.24) is 9.80 Å². The van der Waals surface area contributed by atoms with Gasteiger partial charge in [-0.15, -0.1) is 0 Å². The number of nitro groups is 1. The molecule has 1 aliphatic carbocycles. The standard InChI is InChI=1S/C21H25N3O5/c25-19(14-7-8-14)17-18(15-5-4-6-16(13-15)24(28)29)23(21(27)20(17)26)12-11-22-9-2-1-3-10-22/h4-6,13-14,18,26H,1-3,7-12H2. The van der Waals surface area contributed by atoms with Crippen molar-refractivity contribution in [1.29, 1.82) is 0 Å². The van der Waals surface area contributed by atoms with Crippen LogP contribution in [0.1, 0.15) is 43.7 Å². The molecule has 1 amide bonds. The number of hydrogen-bond acceptors (Lipinski definition) is 6. The Morgan fingerprint density at radius 1 is 1.17 bits per heavy atom. The molecule has 2 fully saturated rings. The van der Waals surface area contributed by atoms with E-state index in [1.54, 1.807) is 12.1 Å². The van der Waals surface area contributed by atoms with Gasteiger partial charge in [0, 0.05) is 31.1 Å². The minimum absolute atomic E-state index is 0.0941. The number of hydrogen-bond donors (Lipinski definition) is 1. The first kappa shape index (κ1) is 19.6. The van der Waals surface area contributed by atoms with Gasteiger partial charge in [-0.1, -0.05) is 18.6 Å². The Bertz CT molecular complexity index is 871. The molecule has 154 valence electrons. The van der Waals surface area contributed by atoms with Crippen molar-refractivity contribution in [3.05, 3.63) is 51.3 Å². The van der Waals surface area contributed by atoms with Crippen LogP contribution in [0.5, 0.6) is 0 Å². The molecule has 29 heavy (non-hydrogen) atoms. The number of nitro benzene ring substituents is 1. The molecule has 1 N–H and O–H groups in total. The molecule has 3 aliphatic rings. The van der Waals surface area contributed by atoms with Crippen molar-refractivity contribution in [2.45, 2.75) is 38.1 Å². The summed E-state index contributed by atoms with van der Waals surface area (Å²) in [6.45, 7) is 2.95. The zero-order valence-electron chi connectivity index (χ0n) is 16.2. The fourth-order valence-electron chi connectivity index (χ4n) is 4.29. The number of likely N-dealkylation sites (tertiary alicyclic amines) is 1. The lowest BCUT2D eigenvalue weighted by atomic mass is 9.94. The normalized spacial score (nSPS) is 23.0. The smallest absolute Gasteiger partial charge is 0.290 e. The number of carbonyl (C=O) groups is 2. The third-order valence-electron chi connectivity index (χ3n) is 6.02. The fourth-order valence-corrected chi connectivity index (χ4v) is 4.29. The number of rotatable bonds is 7. The number of amides is 1. The highest BCUT2D eigenvalue weighted by Crippen LogP contribution is 2.43. The monoisotopic (exact) mass is 399 g/mol. The summed E-state index contributed by atoms with van der Waals surface area (Å²) in [7, 11) is 0. The van der Waals surface area contributed by atoms with Gasteiger partial charge in [-0.2, -0.15) is 0 Å². The second kappa shape index (κ2) is 7.94. The number of benzene rings is 1. The van der Waals surface area contributed by atoms with Crippen LogP contribution in [0.25, 0.3) is 0 Å². The van der Waals surface area contributed by atoms with Crippen LogP contribution >= 0.6 is 0 Å². The van der Waals surface area contributed by atoms with E-state index in [0.29, 0.717) is 18.7 Å². The topological polar surface area (TPSA) is 104 Å². The molecule has 0 spiro atoms. The highest BCUT2D eigenvalue weighted by Gasteiger charge is 2.47. The first-order chi connectivity index (χ1) is 14.0. The van der Waals surface area contributed by atoms with Crippen LogP contribution in [0.4, 0.5) is 5.69 Å². The van der Waals surface area contributed by atoms with E-state index >= 15 is 0 Å². The van der Waals surface area contributed by atoms with Gasteiger partial charge in [-0.3, -0.25) is 19.7 Å². The molecular weight excluding hydrogens is 374 g/mol. The molecule has 8 nitrogen and oxygen atoms in total. The summed E-state index contributed by atoms with van der Waals surface area (Å²) < 4.78 is 0. The first-order valence-corrected chi connectivity index (χ1v) is 10.2. The van der Waals surface area contributed by atoms with Gasteiger partial charge in [0.2, 0.25) is 0 Å². The second-order valence-electron chi connectivity index (χ2n) is 8.06. The number of nitrogens with zero attached hydrogens (tertiary/aromatic N) is 3. The lowest BCUT2D eigenvalue weighted by molar-refractivity contribution is -0.384. The van der Waals surface area contributed by atoms with Crippen molar-refractivity contribution in [3.8, 4) is 0 Å². The second-order valence-corrected chi connectivity index (χ2v) is 8.06. The third-order valence-corrected chi connectivity index (χ3v) is 6.02. The van der Waals surface area contributed by atoms with E-state index in [0.717, 1.165) is 38.8 Å². The molecule has 0 bridgehead atoms. The van der Waals surface area contributed by atoms with E-state index in [-0.39, 0.29) is 23.0 Å². The zero-order valence-corrected chi connectivity index (χ0v) is 16.2. The maximum Gasteiger partial charge on any atom is 0.290 e. The molecule has 0 aromatic heterocycles. The van der Waals surface area contributed by atoms with E-state index < -0.39 is 22.6 Å². The summed E-state index contributed by atoms with van der Waals surface area (Å²) in [5, 5.41) is 21.8. The molecule has 2 heterocycles. The molecule has 1 aromatic rings. The van der Waals surface area contributed by atoms with Gasteiger partial charge in [0.25, 0.3) is 11.6 Å². The lowest BCUT2D eigenvalue weighted by Crippen LogP contribution is -2.40. The highest BCUT2D eigenvalue weighted by molar-refractivity contribution is 6.10. The van der Waals surface area contributed by atoms with Gasteiger partial charge in [0.15, 0.2) is 11.5 Å². The Balaban J connectivity index is 1.65. The molecule has 1 aromatic carbocycles. The van der Waals surface area contributed by atoms with Crippen molar-refractivity contribution in [2.75, 3.05) is 26.2 Å². The number of ketones is 1. The quantitative estimate of drug-likeness (QED) is 0.558. The molecule has 8 heteroatoms. The third kappa shape index (κ3) is 3.89. The van der Waals surface area contributed by atoms with Gasteiger partial charge >= 0.3 is 0 Å². The Morgan fingerprint density at radius 2 is 1.90 bits per heavy atom. The Morgan fingerprint density at radius 3 is 2.55 bits per heavy atom. The van der Waals surface area contributed by atoms with Crippen LogP contribution in [-0.4, -0.2) is 57.7 Å². The van der Waals surface area contributed by atoms with Crippen LogP contribution in [0.3, 0.4) is 0 Å². The molecule has 1 unspecified atom stereocenters. The maximum absolute atomic E-state index is 12.9. The summed E-state index contributed by atoms with van der Waals surface area (Å²) in [6, 6.07) is 5.22. The van der Waals surface area contributed by atoms with Crippen molar-refractivity contribution >= 4 is 17.4 Å². The van der Waals surface area contributed by atoms with E-state index in [9.17, 15) is 24.8 Å². The van der Waals surface area contributed by atoms with Gasteiger partial charge in [0.05, 0.1) is 16.5 Å². The minimum Gasteiger partial charge on any atom is -0.503 e. The van der Waals surface area contributed by atoms with Gasteiger partial charge in [0.1, 0.15) is 0 Å². The number of Topliss-reactive ketones (excluding diaryl/α,β-unsaturated/α-hetero) is 1. The Hall–Kier alpha value is -2.74. The minimum atomic E-state index is -0.778. The maximum atomic E-state index is 12.9. The van der Waals surface area contributed by atoms with E-state index in [2.05, 4.69) is 4.90 Å². The molecular formula is C21H25N3O5. The molecule has 0 radical (unpaired) electrons. The van der Waals surface area contributed by atoms with E-state index in [1.165, 1.54) is 23.5 Å². The SMILES string of the molecule is O=C(C1=C(O)C(=O)N(CCN2CCCCC2)C1c1cccc([N+](=O)[O-])c1)C1CC1. The Kier molecular flexibility index (Phi) is 5.36. The molecule has 2 aliphatic heterocycles. The van der Waals surface area contributed by atoms with Crippen LogP contribution in [0, 0.1) is 16.0 Å². The fraction of sp³-hybridized carbons (Fsp3) is 0.524. The van der Waals surface area contributed by atoms with Crippen LogP contribution in [0.15, 0.2) is 35.6 Å². The van der Waals surface area contributed by atoms with Crippen molar-refractivity contribution < 1.29 is 19.6 Å². The number of piperidine rings is 1. The van der Waals surface area contributed by atoms with Gasteiger partial charge in [-0.05, 0) is 44.3 Å². The average molecular weight is 399 g/mol. The number of aliphatic hydroxyl groups excluding tert-OH is 1. The van der Waals surface area contributed by atoms with Crippen LogP contribution < -0.4 is 0 Å². The van der Waals surface area contributed by atoms with E-state index in [1.807, 2.05) is 0 Å². The summed E-state index contributed by atoms with van der Waals surface area (Å²) in [5.74, 6) is -1.45. The summed E-state index contributed by atoms with van der Waals surface area (Å²) in [5.41, 5.74) is 0.478. The van der Waals surface area contributed by atoms with Gasteiger partial charge < -0.3 is 14.9 Å². The zero-order chi connectivity index (χ0) is 20.5. The molecule has 4 rings (SSSR count). The number of non-ortho nitro benzene ring substituents is 1. The first-order valence-electron chi connectivity index (χ1n) is 10.2. The summed E-state index contributed by atoms with van der Waals surface area (Å²) >= 11 is 0. The Labute approximate surface area is 168 Å². The number of aliphatic hydroxyl groups is 1. The van der Waals surface area contributed by atoms with Crippen LogP contribution in [0.2, 0.25) is 0 Å². The largest absolute Gasteiger partial charge is 0.503 e. The van der Waals surface area contributed by atoms with Crippen molar-refractivity contribution in [2.24, 2.45) is 5.92 Å².